The van der Waals surface area contributed by atoms with Gasteiger partial charge in [-0.05, 0) is 30.9 Å². The highest BCUT2D eigenvalue weighted by molar-refractivity contribution is 5.23. The van der Waals surface area contributed by atoms with Gasteiger partial charge in [-0.1, -0.05) is 39.2 Å². The van der Waals surface area contributed by atoms with Crippen LogP contribution in [0.4, 0.5) is 4.39 Å². The van der Waals surface area contributed by atoms with Crippen LogP contribution in [0.15, 0.2) is 48.4 Å². The zero-order chi connectivity index (χ0) is 12.7. The van der Waals surface area contributed by atoms with Crippen LogP contribution in [0.5, 0.6) is 0 Å². The van der Waals surface area contributed by atoms with Gasteiger partial charge in [0.05, 0.1) is 0 Å². The molecule has 0 radical (unpaired) electrons. The summed E-state index contributed by atoms with van der Waals surface area (Å²) >= 11 is 0. The molecule has 16 heavy (non-hydrogen) atoms. The fraction of sp³-hybridized carbons (Fsp3) is 0.429. The van der Waals surface area contributed by atoms with Crippen molar-refractivity contribution in [2.24, 2.45) is 5.92 Å². The molecule has 0 spiro atoms. The van der Waals surface area contributed by atoms with Gasteiger partial charge in [0.15, 0.2) is 6.17 Å². The van der Waals surface area contributed by atoms with Gasteiger partial charge >= 0.3 is 0 Å². The molecule has 0 aliphatic carbocycles. The smallest absolute Gasteiger partial charge is 0.160 e. The highest BCUT2D eigenvalue weighted by Gasteiger charge is 2.10. The van der Waals surface area contributed by atoms with E-state index in [0.29, 0.717) is 17.2 Å². The maximum Gasteiger partial charge on any atom is 0.160 e. The Bertz CT molecular complexity index is 311. The van der Waals surface area contributed by atoms with E-state index in [-0.39, 0.29) is 0 Å². The van der Waals surface area contributed by atoms with Crippen LogP contribution in [0.3, 0.4) is 0 Å². The van der Waals surface area contributed by atoms with Crippen LogP contribution in [-0.4, -0.2) is 6.17 Å². The second-order valence-electron chi connectivity index (χ2n) is 4.18. The number of allylic oxidation sites excluding steroid dienone is 4. The lowest BCUT2D eigenvalue weighted by Crippen LogP contribution is -2.17. The fourth-order valence-corrected chi connectivity index (χ4v) is 1.15. The van der Waals surface area contributed by atoms with Gasteiger partial charge in [0.2, 0.25) is 0 Å². The molecular formula is C14H22FN. The summed E-state index contributed by atoms with van der Waals surface area (Å²) in [6.45, 7) is 15.0. The van der Waals surface area contributed by atoms with Crippen molar-refractivity contribution in [3.63, 3.8) is 0 Å². The first kappa shape index (κ1) is 14.7. The number of nitrogens with one attached hydrogen (secondary N) is 1. The lowest BCUT2D eigenvalue weighted by atomic mass is 10.0. The summed E-state index contributed by atoms with van der Waals surface area (Å²) in [6, 6.07) is 0. The Balaban J connectivity index is 4.55. The summed E-state index contributed by atoms with van der Waals surface area (Å²) in [5.74, 6) is 0.388. The zero-order valence-corrected chi connectivity index (χ0v) is 10.7. The molecule has 2 heteroatoms. The zero-order valence-electron chi connectivity index (χ0n) is 10.7. The van der Waals surface area contributed by atoms with Crippen molar-refractivity contribution in [3.05, 3.63) is 48.4 Å². The summed E-state index contributed by atoms with van der Waals surface area (Å²) in [5.41, 5.74) is 1.90. The molecule has 1 atom stereocenters. The lowest BCUT2D eigenvalue weighted by molar-refractivity contribution is 0.420. The lowest BCUT2D eigenvalue weighted by Gasteiger charge is -2.13. The molecule has 0 heterocycles. The minimum Gasteiger partial charge on any atom is -0.363 e. The summed E-state index contributed by atoms with van der Waals surface area (Å²) in [5, 5.41) is 2.89. The molecule has 0 aliphatic rings. The Hall–Kier alpha value is -1.31. The monoisotopic (exact) mass is 223 g/mol. The van der Waals surface area contributed by atoms with Crippen LogP contribution in [0.2, 0.25) is 0 Å². The quantitative estimate of drug-likeness (QED) is 0.527. The van der Waals surface area contributed by atoms with E-state index in [2.05, 4.69) is 32.3 Å². The summed E-state index contributed by atoms with van der Waals surface area (Å²) < 4.78 is 13.4. The highest BCUT2D eigenvalue weighted by Crippen LogP contribution is 2.13. The van der Waals surface area contributed by atoms with Gasteiger partial charge < -0.3 is 5.32 Å². The van der Waals surface area contributed by atoms with Crippen LogP contribution >= 0.6 is 0 Å². The van der Waals surface area contributed by atoms with Gasteiger partial charge in [-0.15, -0.1) is 0 Å². The van der Waals surface area contributed by atoms with Crippen molar-refractivity contribution in [2.75, 3.05) is 0 Å². The van der Waals surface area contributed by atoms with Gasteiger partial charge in [-0.2, -0.15) is 0 Å². The van der Waals surface area contributed by atoms with E-state index in [9.17, 15) is 4.39 Å². The normalized spacial score (nSPS) is 14.2. The fourth-order valence-electron chi connectivity index (χ4n) is 1.15. The molecule has 0 bridgehead atoms. The molecule has 0 aliphatic heterocycles. The van der Waals surface area contributed by atoms with Gasteiger partial charge in [0, 0.05) is 11.9 Å². The first-order chi connectivity index (χ1) is 7.40. The molecule has 0 aromatic rings. The number of hydrogen-bond acceptors (Lipinski definition) is 1. The molecule has 1 unspecified atom stereocenters. The predicted octanol–water partition coefficient (Wildman–Crippen LogP) is 4.12. The number of hydrogen-bond donors (Lipinski definition) is 1. The standard InChI is InChI=1S/C14H22FN/c1-7-8-13(10(2)3)9-16-12(6)14(15)11(4)5/h7-10,14,16H,4,6H2,1-3,5H3/b8-7-,13-9+. The Labute approximate surface area is 98.4 Å². The minimum absolute atomic E-state index is 0.329. The van der Waals surface area contributed by atoms with Crippen molar-refractivity contribution in [3.8, 4) is 0 Å². The minimum atomic E-state index is -1.20. The molecule has 0 aromatic heterocycles. The highest BCUT2D eigenvalue weighted by atomic mass is 19.1. The van der Waals surface area contributed by atoms with E-state index in [0.717, 1.165) is 5.57 Å². The molecule has 1 nitrogen and oxygen atoms in total. The Kier molecular flexibility index (Phi) is 6.47. The maximum atomic E-state index is 13.4. The molecule has 0 fully saturated rings. The van der Waals surface area contributed by atoms with Gasteiger partial charge in [-0.3, -0.25) is 0 Å². The summed E-state index contributed by atoms with van der Waals surface area (Å²) in [6.07, 6.45) is 4.55. The van der Waals surface area contributed by atoms with Crippen molar-refractivity contribution >= 4 is 0 Å². The van der Waals surface area contributed by atoms with E-state index in [1.54, 1.807) is 13.1 Å². The van der Waals surface area contributed by atoms with Gasteiger partial charge in [0.25, 0.3) is 0 Å². The van der Waals surface area contributed by atoms with Crippen molar-refractivity contribution in [2.45, 2.75) is 33.9 Å². The third kappa shape index (κ3) is 4.96. The number of halogens is 1. The second kappa shape index (κ2) is 7.04. The van der Waals surface area contributed by atoms with Crippen LogP contribution < -0.4 is 5.32 Å². The van der Waals surface area contributed by atoms with E-state index >= 15 is 0 Å². The average molecular weight is 223 g/mol. The van der Waals surface area contributed by atoms with E-state index in [1.807, 2.05) is 19.1 Å². The van der Waals surface area contributed by atoms with Crippen molar-refractivity contribution < 1.29 is 4.39 Å². The van der Waals surface area contributed by atoms with Crippen LogP contribution in [0.1, 0.15) is 27.7 Å². The number of rotatable bonds is 6. The van der Waals surface area contributed by atoms with Gasteiger partial charge in [0.1, 0.15) is 0 Å². The Morgan fingerprint density at radius 2 is 1.88 bits per heavy atom. The van der Waals surface area contributed by atoms with Gasteiger partial charge in [-0.25, -0.2) is 4.39 Å². The molecule has 0 rings (SSSR count). The molecule has 0 amide bonds. The second-order valence-corrected chi connectivity index (χ2v) is 4.18. The topological polar surface area (TPSA) is 12.0 Å². The Morgan fingerprint density at radius 3 is 2.25 bits per heavy atom. The Morgan fingerprint density at radius 1 is 1.31 bits per heavy atom. The SMILES string of the molecule is C=C(C)C(F)C(=C)N/C=C(\C=C/C)C(C)C. The van der Waals surface area contributed by atoms with E-state index < -0.39 is 6.17 Å². The maximum absolute atomic E-state index is 13.4. The van der Waals surface area contributed by atoms with E-state index in [4.69, 9.17) is 0 Å². The average Bonchev–Trinajstić information content (AvgIpc) is 2.21. The predicted molar refractivity (Wildman–Crippen MR) is 69.7 cm³/mol. The first-order valence-corrected chi connectivity index (χ1v) is 5.47. The van der Waals surface area contributed by atoms with E-state index in [1.165, 1.54) is 0 Å². The molecule has 0 aromatic carbocycles. The third-order valence-corrected chi connectivity index (χ3v) is 2.19. The third-order valence-electron chi connectivity index (χ3n) is 2.19. The molecule has 90 valence electrons. The number of alkyl halides is 1. The molecular weight excluding hydrogens is 201 g/mol. The van der Waals surface area contributed by atoms with Crippen molar-refractivity contribution in [1.29, 1.82) is 0 Å². The van der Waals surface area contributed by atoms with Crippen LogP contribution in [0.25, 0.3) is 0 Å². The molecule has 1 N–H and O–H groups in total. The summed E-state index contributed by atoms with van der Waals surface area (Å²) in [4.78, 5) is 0. The largest absolute Gasteiger partial charge is 0.363 e. The summed E-state index contributed by atoms with van der Waals surface area (Å²) in [7, 11) is 0. The van der Waals surface area contributed by atoms with Crippen LogP contribution in [-0.2, 0) is 0 Å². The molecule has 0 saturated heterocycles. The van der Waals surface area contributed by atoms with Crippen molar-refractivity contribution in [1.82, 2.24) is 5.32 Å². The first-order valence-electron chi connectivity index (χ1n) is 5.47. The molecule has 0 saturated carbocycles. The van der Waals surface area contributed by atoms with Crippen LogP contribution in [0, 0.1) is 5.92 Å².